The third-order valence-corrected chi connectivity index (χ3v) is 2.96. The van der Waals surface area contributed by atoms with Crippen LogP contribution in [-0.4, -0.2) is 52.7 Å². The number of piperidine rings is 1. The molecule has 0 aromatic carbocycles. The number of hydrogen-bond donors (Lipinski definition) is 2. The Labute approximate surface area is 94.4 Å². The SMILES string of the molecule is CN(CC1CCNCC1)C(=O)c1ncn[nH]1. The predicted molar refractivity (Wildman–Crippen MR) is 58.9 cm³/mol. The van der Waals surface area contributed by atoms with Crippen LogP contribution in [0.5, 0.6) is 0 Å². The van der Waals surface area contributed by atoms with Gasteiger partial charge in [-0.15, -0.1) is 0 Å². The van der Waals surface area contributed by atoms with Crippen LogP contribution in [0, 0.1) is 5.92 Å². The molecule has 0 unspecified atom stereocenters. The number of aromatic nitrogens is 3. The van der Waals surface area contributed by atoms with Crippen LogP contribution in [0.3, 0.4) is 0 Å². The summed E-state index contributed by atoms with van der Waals surface area (Å²) in [4.78, 5) is 17.4. The maximum atomic E-state index is 11.9. The smallest absolute Gasteiger partial charge is 0.290 e. The van der Waals surface area contributed by atoms with E-state index in [-0.39, 0.29) is 5.91 Å². The normalized spacial score (nSPS) is 17.3. The molecular formula is C10H17N5O. The lowest BCUT2D eigenvalue weighted by Crippen LogP contribution is -2.37. The molecule has 0 spiro atoms. The Kier molecular flexibility index (Phi) is 3.51. The molecule has 0 atom stereocenters. The summed E-state index contributed by atoms with van der Waals surface area (Å²) >= 11 is 0. The topological polar surface area (TPSA) is 73.9 Å². The van der Waals surface area contributed by atoms with Crippen LogP contribution >= 0.6 is 0 Å². The average Bonchev–Trinajstić information content (AvgIpc) is 2.83. The molecule has 16 heavy (non-hydrogen) atoms. The van der Waals surface area contributed by atoms with Crippen molar-refractivity contribution in [2.45, 2.75) is 12.8 Å². The summed E-state index contributed by atoms with van der Waals surface area (Å²) in [5.74, 6) is 0.825. The van der Waals surface area contributed by atoms with Gasteiger partial charge in [-0.3, -0.25) is 9.89 Å². The molecule has 1 aromatic heterocycles. The molecule has 2 rings (SSSR count). The van der Waals surface area contributed by atoms with E-state index < -0.39 is 0 Å². The summed E-state index contributed by atoms with van der Waals surface area (Å²) in [5.41, 5.74) is 0. The van der Waals surface area contributed by atoms with E-state index in [1.807, 2.05) is 7.05 Å². The highest BCUT2D eigenvalue weighted by atomic mass is 16.2. The summed E-state index contributed by atoms with van der Waals surface area (Å²) in [5, 5.41) is 9.58. The van der Waals surface area contributed by atoms with Gasteiger partial charge in [-0.05, 0) is 31.8 Å². The Morgan fingerprint density at radius 2 is 2.31 bits per heavy atom. The first-order valence-electron chi connectivity index (χ1n) is 5.59. The van der Waals surface area contributed by atoms with Gasteiger partial charge in [-0.1, -0.05) is 0 Å². The Bertz CT molecular complexity index is 331. The van der Waals surface area contributed by atoms with Crippen molar-refractivity contribution in [3.8, 4) is 0 Å². The maximum Gasteiger partial charge on any atom is 0.290 e. The molecule has 1 aromatic rings. The van der Waals surface area contributed by atoms with Gasteiger partial charge in [-0.25, -0.2) is 4.98 Å². The molecule has 2 N–H and O–H groups in total. The fraction of sp³-hybridized carbons (Fsp3) is 0.700. The fourth-order valence-electron chi connectivity index (χ4n) is 2.02. The molecule has 2 heterocycles. The third kappa shape index (κ3) is 2.57. The highest BCUT2D eigenvalue weighted by Crippen LogP contribution is 2.13. The van der Waals surface area contributed by atoms with Crippen molar-refractivity contribution < 1.29 is 4.79 Å². The van der Waals surface area contributed by atoms with Gasteiger partial charge in [0.2, 0.25) is 5.82 Å². The minimum Gasteiger partial charge on any atom is -0.339 e. The summed E-state index contributed by atoms with van der Waals surface area (Å²) in [7, 11) is 1.81. The number of H-pyrrole nitrogens is 1. The number of nitrogens with zero attached hydrogens (tertiary/aromatic N) is 3. The van der Waals surface area contributed by atoms with Crippen molar-refractivity contribution in [1.82, 2.24) is 25.4 Å². The molecule has 0 aliphatic carbocycles. The van der Waals surface area contributed by atoms with Gasteiger partial charge in [0, 0.05) is 13.6 Å². The summed E-state index contributed by atoms with van der Waals surface area (Å²) in [6, 6.07) is 0. The quantitative estimate of drug-likeness (QED) is 0.749. The number of aromatic amines is 1. The predicted octanol–water partition coefficient (Wildman–Crippen LogP) is -0.124. The number of hydrogen-bond acceptors (Lipinski definition) is 4. The van der Waals surface area contributed by atoms with Gasteiger partial charge in [-0.2, -0.15) is 5.10 Å². The molecule has 1 aliphatic rings. The molecule has 0 saturated carbocycles. The average molecular weight is 223 g/mol. The first kappa shape index (κ1) is 11.1. The first-order valence-corrected chi connectivity index (χ1v) is 5.59. The van der Waals surface area contributed by atoms with Crippen LogP contribution in [0.25, 0.3) is 0 Å². The number of amides is 1. The van der Waals surface area contributed by atoms with Crippen molar-refractivity contribution in [3.05, 3.63) is 12.2 Å². The van der Waals surface area contributed by atoms with Gasteiger partial charge in [0.05, 0.1) is 0 Å². The Hall–Kier alpha value is -1.43. The Morgan fingerprint density at radius 1 is 1.56 bits per heavy atom. The molecule has 6 heteroatoms. The second kappa shape index (κ2) is 5.07. The highest BCUT2D eigenvalue weighted by Gasteiger charge is 2.20. The van der Waals surface area contributed by atoms with E-state index in [9.17, 15) is 4.79 Å². The molecule has 0 bridgehead atoms. The van der Waals surface area contributed by atoms with E-state index in [2.05, 4.69) is 20.5 Å². The minimum atomic E-state index is -0.0870. The molecule has 1 aliphatic heterocycles. The van der Waals surface area contributed by atoms with E-state index in [1.165, 1.54) is 6.33 Å². The number of carbonyl (C=O) groups excluding carboxylic acids is 1. The van der Waals surface area contributed by atoms with E-state index in [1.54, 1.807) is 4.90 Å². The van der Waals surface area contributed by atoms with Crippen molar-refractivity contribution in [2.24, 2.45) is 5.92 Å². The monoisotopic (exact) mass is 223 g/mol. The molecule has 88 valence electrons. The lowest BCUT2D eigenvalue weighted by Gasteiger charge is -2.27. The van der Waals surface area contributed by atoms with Crippen LogP contribution in [-0.2, 0) is 0 Å². The zero-order chi connectivity index (χ0) is 11.4. The second-order valence-corrected chi connectivity index (χ2v) is 4.21. The van der Waals surface area contributed by atoms with E-state index >= 15 is 0 Å². The van der Waals surface area contributed by atoms with Gasteiger partial charge in [0.15, 0.2) is 0 Å². The van der Waals surface area contributed by atoms with Crippen molar-refractivity contribution in [3.63, 3.8) is 0 Å². The second-order valence-electron chi connectivity index (χ2n) is 4.21. The number of nitrogens with one attached hydrogen (secondary N) is 2. The third-order valence-electron chi connectivity index (χ3n) is 2.96. The van der Waals surface area contributed by atoms with Crippen LogP contribution in [0.2, 0.25) is 0 Å². The largest absolute Gasteiger partial charge is 0.339 e. The number of carbonyl (C=O) groups is 1. The van der Waals surface area contributed by atoms with Crippen molar-refractivity contribution in [2.75, 3.05) is 26.7 Å². The molecule has 0 radical (unpaired) electrons. The molecular weight excluding hydrogens is 206 g/mol. The van der Waals surface area contributed by atoms with E-state index in [4.69, 9.17) is 0 Å². The van der Waals surface area contributed by atoms with Crippen LogP contribution < -0.4 is 5.32 Å². The van der Waals surface area contributed by atoms with Gasteiger partial charge in [0.25, 0.3) is 5.91 Å². The molecule has 1 amide bonds. The van der Waals surface area contributed by atoms with Crippen molar-refractivity contribution >= 4 is 5.91 Å². The highest BCUT2D eigenvalue weighted by molar-refractivity contribution is 5.90. The van der Waals surface area contributed by atoms with E-state index in [0.717, 1.165) is 32.5 Å². The maximum absolute atomic E-state index is 11.9. The lowest BCUT2D eigenvalue weighted by molar-refractivity contribution is 0.0751. The molecule has 1 saturated heterocycles. The summed E-state index contributed by atoms with van der Waals surface area (Å²) in [6.45, 7) is 2.89. The fourth-order valence-corrected chi connectivity index (χ4v) is 2.02. The van der Waals surface area contributed by atoms with Crippen LogP contribution in [0.4, 0.5) is 0 Å². The lowest BCUT2D eigenvalue weighted by atomic mass is 9.98. The Morgan fingerprint density at radius 3 is 2.94 bits per heavy atom. The van der Waals surface area contributed by atoms with Crippen LogP contribution in [0.1, 0.15) is 23.5 Å². The first-order chi connectivity index (χ1) is 7.77. The van der Waals surface area contributed by atoms with Gasteiger partial charge < -0.3 is 10.2 Å². The van der Waals surface area contributed by atoms with Gasteiger partial charge in [0.1, 0.15) is 6.33 Å². The zero-order valence-corrected chi connectivity index (χ0v) is 9.44. The molecule has 6 nitrogen and oxygen atoms in total. The van der Waals surface area contributed by atoms with Crippen molar-refractivity contribution in [1.29, 1.82) is 0 Å². The van der Waals surface area contributed by atoms with Crippen LogP contribution in [0.15, 0.2) is 6.33 Å². The zero-order valence-electron chi connectivity index (χ0n) is 9.44. The standard InChI is InChI=1S/C10H17N5O/c1-15(6-8-2-4-11-5-3-8)10(16)9-12-7-13-14-9/h7-8,11H,2-6H2,1H3,(H,12,13,14). The Balaban J connectivity index is 1.87. The minimum absolute atomic E-state index is 0.0870. The summed E-state index contributed by atoms with van der Waals surface area (Å²) in [6.07, 6.45) is 3.62. The van der Waals surface area contributed by atoms with Gasteiger partial charge >= 0.3 is 0 Å². The molecule has 1 fully saturated rings. The van der Waals surface area contributed by atoms with E-state index in [0.29, 0.717) is 11.7 Å². The number of rotatable bonds is 3. The summed E-state index contributed by atoms with van der Waals surface area (Å²) < 4.78 is 0.